The lowest BCUT2D eigenvalue weighted by Crippen LogP contribution is -2.45. The lowest BCUT2D eigenvalue weighted by molar-refractivity contribution is -0.0878. The van der Waals surface area contributed by atoms with Crippen molar-refractivity contribution in [3.05, 3.63) is 0 Å². The van der Waals surface area contributed by atoms with Crippen LogP contribution in [0.5, 0.6) is 0 Å². The molecule has 0 N–H and O–H groups in total. The van der Waals surface area contributed by atoms with Gasteiger partial charge in [-0.3, -0.25) is 0 Å². The van der Waals surface area contributed by atoms with Crippen molar-refractivity contribution in [2.75, 3.05) is 47.1 Å². The minimum atomic E-state index is 0.445. The number of hydrogen-bond donors (Lipinski definition) is 0. The molecule has 3 aliphatic rings. The monoisotopic (exact) mass is 297 g/mol. The summed E-state index contributed by atoms with van der Waals surface area (Å²) in [6.45, 7) is 5.39. The predicted molar refractivity (Wildman–Crippen MR) is 82.4 cm³/mol. The lowest BCUT2D eigenvalue weighted by atomic mass is 9.92. The Balaban J connectivity index is 1.09. The van der Waals surface area contributed by atoms with Crippen molar-refractivity contribution in [3.8, 4) is 0 Å². The van der Waals surface area contributed by atoms with Gasteiger partial charge >= 0.3 is 0 Å². The zero-order valence-electron chi connectivity index (χ0n) is 13.6. The molecule has 1 heterocycles. The molecular weight excluding hydrogens is 266 g/mol. The normalized spacial score (nSPS) is 36.3. The standard InChI is InChI=1S/C17H31NO3/c1-18-10-14(11-18)17-7-13(17)12-20-5-3-4-6-21-16-8-15(9-16)19-2/h13-17H,3-12H2,1-2H3. The van der Waals surface area contributed by atoms with Crippen LogP contribution in [0.15, 0.2) is 0 Å². The van der Waals surface area contributed by atoms with Crippen LogP contribution in [0.4, 0.5) is 0 Å². The first kappa shape index (κ1) is 15.7. The number of rotatable bonds is 10. The fraction of sp³-hybridized carbons (Fsp3) is 1.00. The summed E-state index contributed by atoms with van der Waals surface area (Å²) in [7, 11) is 4.00. The van der Waals surface area contributed by atoms with Gasteiger partial charge < -0.3 is 19.1 Å². The van der Waals surface area contributed by atoms with Crippen LogP contribution in [-0.2, 0) is 14.2 Å². The van der Waals surface area contributed by atoms with Gasteiger partial charge in [-0.15, -0.1) is 0 Å². The molecule has 2 saturated carbocycles. The van der Waals surface area contributed by atoms with Gasteiger partial charge in [-0.05, 0) is 56.9 Å². The molecule has 0 aromatic rings. The first-order chi connectivity index (χ1) is 10.3. The van der Waals surface area contributed by atoms with Crippen LogP contribution in [0.3, 0.4) is 0 Å². The molecule has 0 aromatic carbocycles. The minimum absolute atomic E-state index is 0.445. The van der Waals surface area contributed by atoms with Gasteiger partial charge in [0.2, 0.25) is 0 Å². The molecule has 2 atom stereocenters. The second kappa shape index (κ2) is 7.40. The van der Waals surface area contributed by atoms with E-state index in [4.69, 9.17) is 14.2 Å². The Kier molecular flexibility index (Phi) is 5.54. The van der Waals surface area contributed by atoms with Gasteiger partial charge in [0.25, 0.3) is 0 Å². The number of methoxy groups -OCH3 is 1. The minimum Gasteiger partial charge on any atom is -0.381 e. The molecule has 2 aliphatic carbocycles. The fourth-order valence-corrected chi connectivity index (χ4v) is 3.69. The molecule has 4 heteroatoms. The van der Waals surface area contributed by atoms with Crippen LogP contribution in [0.1, 0.15) is 32.1 Å². The van der Waals surface area contributed by atoms with Gasteiger partial charge in [-0.1, -0.05) is 0 Å². The summed E-state index contributed by atoms with van der Waals surface area (Å²) in [6.07, 6.45) is 6.70. The first-order valence-electron chi connectivity index (χ1n) is 8.67. The summed E-state index contributed by atoms with van der Waals surface area (Å²) >= 11 is 0. The Labute approximate surface area is 129 Å². The number of hydrogen-bond acceptors (Lipinski definition) is 4. The third-order valence-electron chi connectivity index (χ3n) is 5.43. The summed E-state index contributed by atoms with van der Waals surface area (Å²) in [5, 5.41) is 0. The summed E-state index contributed by atoms with van der Waals surface area (Å²) in [5.41, 5.74) is 0. The zero-order chi connectivity index (χ0) is 14.7. The molecule has 122 valence electrons. The highest BCUT2D eigenvalue weighted by Gasteiger charge is 2.46. The maximum Gasteiger partial charge on any atom is 0.0624 e. The van der Waals surface area contributed by atoms with Crippen molar-refractivity contribution in [1.82, 2.24) is 4.90 Å². The van der Waals surface area contributed by atoms with E-state index in [0.717, 1.165) is 63.3 Å². The fourth-order valence-electron chi connectivity index (χ4n) is 3.69. The van der Waals surface area contributed by atoms with Gasteiger partial charge in [0.15, 0.2) is 0 Å². The summed E-state index contributed by atoms with van der Waals surface area (Å²) in [5.74, 6) is 2.80. The van der Waals surface area contributed by atoms with Gasteiger partial charge in [0.05, 0.1) is 12.2 Å². The van der Waals surface area contributed by atoms with Crippen LogP contribution in [0.2, 0.25) is 0 Å². The van der Waals surface area contributed by atoms with E-state index in [-0.39, 0.29) is 0 Å². The average molecular weight is 297 g/mol. The summed E-state index contributed by atoms with van der Waals surface area (Å²) < 4.78 is 16.9. The highest BCUT2D eigenvalue weighted by atomic mass is 16.5. The van der Waals surface area contributed by atoms with Crippen molar-refractivity contribution in [2.45, 2.75) is 44.3 Å². The highest BCUT2D eigenvalue weighted by Crippen LogP contribution is 2.47. The van der Waals surface area contributed by atoms with Crippen LogP contribution >= 0.6 is 0 Å². The van der Waals surface area contributed by atoms with E-state index >= 15 is 0 Å². The SMILES string of the molecule is COC1CC(OCCCCOCC2CC2C2CN(C)C2)C1. The van der Waals surface area contributed by atoms with Crippen molar-refractivity contribution in [2.24, 2.45) is 17.8 Å². The second-order valence-electron chi connectivity index (χ2n) is 7.24. The Morgan fingerprint density at radius 1 is 1.00 bits per heavy atom. The van der Waals surface area contributed by atoms with E-state index in [1.807, 2.05) is 0 Å². The van der Waals surface area contributed by atoms with E-state index in [9.17, 15) is 0 Å². The van der Waals surface area contributed by atoms with Crippen molar-refractivity contribution in [3.63, 3.8) is 0 Å². The maximum atomic E-state index is 5.83. The van der Waals surface area contributed by atoms with Gasteiger partial charge in [-0.2, -0.15) is 0 Å². The highest BCUT2D eigenvalue weighted by molar-refractivity contribution is 4.96. The molecule has 0 radical (unpaired) electrons. The average Bonchev–Trinajstić information content (AvgIpc) is 3.15. The molecule has 0 spiro atoms. The van der Waals surface area contributed by atoms with Crippen molar-refractivity contribution >= 4 is 0 Å². The molecule has 1 saturated heterocycles. The first-order valence-corrected chi connectivity index (χ1v) is 8.67. The van der Waals surface area contributed by atoms with Crippen LogP contribution in [-0.4, -0.2) is 64.2 Å². The smallest absolute Gasteiger partial charge is 0.0624 e. The molecule has 4 nitrogen and oxygen atoms in total. The van der Waals surface area contributed by atoms with Crippen molar-refractivity contribution in [1.29, 1.82) is 0 Å². The molecule has 0 bridgehead atoms. The van der Waals surface area contributed by atoms with Crippen LogP contribution in [0, 0.1) is 17.8 Å². The lowest BCUT2D eigenvalue weighted by Gasteiger charge is -2.36. The van der Waals surface area contributed by atoms with Crippen LogP contribution in [0.25, 0.3) is 0 Å². The Hall–Kier alpha value is -0.160. The predicted octanol–water partition coefficient (Wildman–Crippen LogP) is 2.17. The van der Waals surface area contributed by atoms with Gasteiger partial charge in [0, 0.05) is 40.0 Å². The number of nitrogens with zero attached hydrogens (tertiary/aromatic N) is 1. The molecular formula is C17H31NO3. The Bertz CT molecular complexity index is 313. The number of unbranched alkanes of at least 4 members (excludes halogenated alkanes) is 1. The largest absolute Gasteiger partial charge is 0.381 e. The van der Waals surface area contributed by atoms with E-state index in [1.54, 1.807) is 7.11 Å². The van der Waals surface area contributed by atoms with Crippen molar-refractivity contribution < 1.29 is 14.2 Å². The zero-order valence-corrected chi connectivity index (χ0v) is 13.6. The third kappa shape index (κ3) is 4.41. The summed E-state index contributed by atoms with van der Waals surface area (Å²) in [4.78, 5) is 2.41. The molecule has 2 unspecified atom stereocenters. The number of ether oxygens (including phenoxy) is 3. The Morgan fingerprint density at radius 3 is 2.48 bits per heavy atom. The molecule has 0 amide bonds. The second-order valence-corrected chi connectivity index (χ2v) is 7.24. The molecule has 1 aliphatic heterocycles. The van der Waals surface area contributed by atoms with Gasteiger partial charge in [-0.25, -0.2) is 0 Å². The molecule has 3 rings (SSSR count). The Morgan fingerprint density at radius 2 is 1.76 bits per heavy atom. The number of likely N-dealkylation sites (tertiary alicyclic amines) is 1. The molecule has 21 heavy (non-hydrogen) atoms. The van der Waals surface area contributed by atoms with Crippen LogP contribution < -0.4 is 0 Å². The topological polar surface area (TPSA) is 30.9 Å². The molecule has 0 aromatic heterocycles. The maximum absolute atomic E-state index is 5.83. The quantitative estimate of drug-likeness (QED) is 0.578. The summed E-state index contributed by atoms with van der Waals surface area (Å²) in [6, 6.07) is 0. The van der Waals surface area contributed by atoms with Gasteiger partial charge in [0.1, 0.15) is 0 Å². The van der Waals surface area contributed by atoms with E-state index < -0.39 is 0 Å². The molecule has 3 fully saturated rings. The van der Waals surface area contributed by atoms with E-state index in [2.05, 4.69) is 11.9 Å². The third-order valence-corrected chi connectivity index (χ3v) is 5.43. The van der Waals surface area contributed by atoms with E-state index in [1.165, 1.54) is 19.5 Å². The van der Waals surface area contributed by atoms with E-state index in [0.29, 0.717) is 12.2 Å².